The molecule has 0 bridgehead atoms. The first-order valence-electron chi connectivity index (χ1n) is 9.43. The number of ether oxygens (including phenoxy) is 2. The van der Waals surface area contributed by atoms with E-state index in [1.54, 1.807) is 42.5 Å². The van der Waals surface area contributed by atoms with Crippen molar-refractivity contribution in [1.29, 1.82) is 0 Å². The number of methoxy groups -OCH3 is 1. The van der Waals surface area contributed by atoms with Crippen LogP contribution in [0.5, 0.6) is 0 Å². The number of hydrogen-bond acceptors (Lipinski definition) is 5. The van der Waals surface area contributed by atoms with E-state index in [0.717, 1.165) is 5.56 Å². The van der Waals surface area contributed by atoms with E-state index in [0.29, 0.717) is 4.90 Å². The first-order valence-corrected chi connectivity index (χ1v) is 9.43. The minimum atomic E-state index is -1.03. The van der Waals surface area contributed by atoms with Gasteiger partial charge in [0.15, 0.2) is 5.82 Å². The second kappa shape index (κ2) is 10.3. The average molecular weight is 421 g/mol. The van der Waals surface area contributed by atoms with Gasteiger partial charge in [-0.15, -0.1) is 0 Å². The van der Waals surface area contributed by atoms with Gasteiger partial charge in [0.05, 0.1) is 11.3 Å². The number of carbonyl (C=O) groups excluding carboxylic acids is 3. The van der Waals surface area contributed by atoms with Crippen molar-refractivity contribution in [1.82, 2.24) is 0 Å². The van der Waals surface area contributed by atoms with Crippen molar-refractivity contribution in [2.45, 2.75) is 6.61 Å². The number of hydrogen-bond donors (Lipinski definition) is 0. The molecule has 0 atom stereocenters. The first-order chi connectivity index (χ1) is 15.0. The molecule has 158 valence electrons. The Hall–Kier alpha value is -3.84. The number of benzene rings is 3. The maximum Gasteiger partial charge on any atom is 0.341 e. The Labute approximate surface area is 178 Å². The Morgan fingerprint density at radius 3 is 2.16 bits per heavy atom. The zero-order chi connectivity index (χ0) is 22.2. The van der Waals surface area contributed by atoms with Crippen LogP contribution in [0, 0.1) is 5.82 Å². The zero-order valence-electron chi connectivity index (χ0n) is 16.8. The van der Waals surface area contributed by atoms with Gasteiger partial charge in [-0.3, -0.25) is 9.59 Å². The lowest BCUT2D eigenvalue weighted by atomic mass is 10.1. The fourth-order valence-electron chi connectivity index (χ4n) is 2.91. The van der Waals surface area contributed by atoms with Crippen molar-refractivity contribution in [2.24, 2.45) is 0 Å². The Balaban J connectivity index is 1.92. The van der Waals surface area contributed by atoms with E-state index in [2.05, 4.69) is 0 Å². The second-order valence-electron chi connectivity index (χ2n) is 6.53. The van der Waals surface area contributed by atoms with Gasteiger partial charge >= 0.3 is 5.97 Å². The maximum absolute atomic E-state index is 15.3. The molecule has 7 heteroatoms. The summed E-state index contributed by atoms with van der Waals surface area (Å²) in [5, 5.41) is 0. The first kappa shape index (κ1) is 21.9. The Morgan fingerprint density at radius 1 is 0.871 bits per heavy atom. The summed E-state index contributed by atoms with van der Waals surface area (Å²) in [6.07, 6.45) is 0. The highest BCUT2D eigenvalue weighted by molar-refractivity contribution is 6.21. The van der Waals surface area contributed by atoms with E-state index in [-0.39, 0.29) is 23.4 Å². The highest BCUT2D eigenvalue weighted by Crippen LogP contribution is 2.25. The molecule has 0 aromatic heterocycles. The lowest BCUT2D eigenvalue weighted by molar-refractivity contribution is -0.121. The van der Waals surface area contributed by atoms with Crippen molar-refractivity contribution in [3.05, 3.63) is 101 Å². The summed E-state index contributed by atoms with van der Waals surface area (Å²) < 4.78 is 25.3. The molecule has 0 aliphatic rings. The van der Waals surface area contributed by atoms with Crippen LogP contribution in [-0.2, 0) is 20.9 Å². The molecule has 0 saturated carbocycles. The summed E-state index contributed by atoms with van der Waals surface area (Å²) in [5.41, 5.74) is 0.182. The molecule has 0 fully saturated rings. The van der Waals surface area contributed by atoms with Gasteiger partial charge < -0.3 is 9.47 Å². The molecule has 31 heavy (non-hydrogen) atoms. The predicted octanol–water partition coefficient (Wildman–Crippen LogP) is 4.00. The van der Waals surface area contributed by atoms with E-state index in [1.807, 2.05) is 6.07 Å². The molecule has 3 aromatic rings. The van der Waals surface area contributed by atoms with Gasteiger partial charge in [-0.2, -0.15) is 0 Å². The van der Waals surface area contributed by atoms with E-state index in [4.69, 9.17) is 9.47 Å². The molecular formula is C24H20FNO5. The molecule has 6 nitrogen and oxygen atoms in total. The van der Waals surface area contributed by atoms with Crippen molar-refractivity contribution >= 4 is 23.5 Å². The summed E-state index contributed by atoms with van der Waals surface area (Å²) in [4.78, 5) is 38.7. The van der Waals surface area contributed by atoms with Crippen LogP contribution in [0.1, 0.15) is 26.3 Å². The van der Waals surface area contributed by atoms with Crippen LogP contribution in [-0.4, -0.2) is 31.5 Å². The van der Waals surface area contributed by atoms with Gasteiger partial charge in [-0.25, -0.2) is 14.1 Å². The van der Waals surface area contributed by atoms with Crippen LogP contribution in [0.2, 0.25) is 0 Å². The summed E-state index contributed by atoms with van der Waals surface area (Å²) in [7, 11) is 1.29. The van der Waals surface area contributed by atoms with Gasteiger partial charge in [-0.05, 0) is 29.8 Å². The summed E-state index contributed by atoms with van der Waals surface area (Å²) in [6, 6.07) is 20.8. The normalized spacial score (nSPS) is 10.4. The van der Waals surface area contributed by atoms with Crippen molar-refractivity contribution < 1.29 is 28.2 Å². The molecule has 0 saturated heterocycles. The summed E-state index contributed by atoms with van der Waals surface area (Å²) in [5.74, 6) is -3.45. The van der Waals surface area contributed by atoms with Crippen molar-refractivity contribution in [2.75, 3.05) is 18.6 Å². The lowest BCUT2D eigenvalue weighted by Gasteiger charge is -2.22. The second-order valence-corrected chi connectivity index (χ2v) is 6.53. The predicted molar refractivity (Wildman–Crippen MR) is 112 cm³/mol. The third-order valence-electron chi connectivity index (χ3n) is 4.39. The molecule has 0 radical (unpaired) electrons. The Bertz CT molecular complexity index is 1070. The number of halogens is 1. The van der Waals surface area contributed by atoms with Gasteiger partial charge in [0.2, 0.25) is 0 Å². The third-order valence-corrected chi connectivity index (χ3v) is 4.39. The topological polar surface area (TPSA) is 72.9 Å². The highest BCUT2D eigenvalue weighted by Gasteiger charge is 2.29. The number of nitrogens with zero attached hydrogens (tertiary/aromatic N) is 1. The monoisotopic (exact) mass is 421 g/mol. The number of rotatable bonds is 7. The SMILES string of the molecule is COCC(=O)N(C(=O)c1ccccc1)c1cccc(C(=O)OCc2ccccc2)c1F. The van der Waals surface area contributed by atoms with Crippen LogP contribution in [0.25, 0.3) is 0 Å². The van der Waals surface area contributed by atoms with Gasteiger partial charge in [0, 0.05) is 12.7 Å². The Kier molecular flexibility index (Phi) is 7.24. The van der Waals surface area contributed by atoms with Crippen LogP contribution in [0.3, 0.4) is 0 Å². The third kappa shape index (κ3) is 5.21. The van der Waals surface area contributed by atoms with Crippen molar-refractivity contribution in [3.8, 4) is 0 Å². The van der Waals surface area contributed by atoms with Gasteiger partial charge in [-0.1, -0.05) is 54.6 Å². The summed E-state index contributed by atoms with van der Waals surface area (Å²) >= 11 is 0. The minimum absolute atomic E-state index is 0.0430. The quantitative estimate of drug-likeness (QED) is 0.539. The van der Waals surface area contributed by atoms with Crippen LogP contribution in [0.4, 0.5) is 10.1 Å². The van der Waals surface area contributed by atoms with Crippen LogP contribution >= 0.6 is 0 Å². The number of imide groups is 1. The van der Waals surface area contributed by atoms with Gasteiger partial charge in [0.25, 0.3) is 11.8 Å². The van der Waals surface area contributed by atoms with Crippen LogP contribution in [0.15, 0.2) is 78.9 Å². The van der Waals surface area contributed by atoms with E-state index in [9.17, 15) is 14.4 Å². The van der Waals surface area contributed by atoms with E-state index < -0.39 is 30.2 Å². The van der Waals surface area contributed by atoms with Crippen LogP contribution < -0.4 is 4.90 Å². The molecule has 3 rings (SSSR count). The smallest absolute Gasteiger partial charge is 0.341 e. The Morgan fingerprint density at radius 2 is 1.52 bits per heavy atom. The number of esters is 1. The molecular weight excluding hydrogens is 401 g/mol. The number of amides is 2. The van der Waals surface area contributed by atoms with E-state index in [1.165, 1.54) is 37.4 Å². The van der Waals surface area contributed by atoms with Crippen molar-refractivity contribution in [3.63, 3.8) is 0 Å². The molecule has 0 unspecified atom stereocenters. The average Bonchev–Trinajstić information content (AvgIpc) is 2.80. The summed E-state index contributed by atoms with van der Waals surface area (Å²) in [6.45, 7) is -0.487. The molecule has 0 spiro atoms. The molecule has 0 aliphatic heterocycles. The fraction of sp³-hybridized carbons (Fsp3) is 0.125. The fourth-order valence-corrected chi connectivity index (χ4v) is 2.91. The molecule has 2 amide bonds. The minimum Gasteiger partial charge on any atom is -0.457 e. The number of carbonyl (C=O) groups is 3. The standard InChI is InChI=1S/C24H20FNO5/c1-30-16-21(27)26(23(28)18-11-6-3-7-12-18)20-14-8-13-19(22(20)25)24(29)31-15-17-9-4-2-5-10-17/h2-14H,15-16H2,1H3. The number of anilines is 1. The lowest BCUT2D eigenvalue weighted by Crippen LogP contribution is -2.40. The molecule has 3 aromatic carbocycles. The molecule has 0 heterocycles. The maximum atomic E-state index is 15.3. The molecule has 0 N–H and O–H groups in total. The zero-order valence-corrected chi connectivity index (χ0v) is 16.8. The largest absolute Gasteiger partial charge is 0.457 e. The van der Waals surface area contributed by atoms with Gasteiger partial charge in [0.1, 0.15) is 13.2 Å². The highest BCUT2D eigenvalue weighted by atomic mass is 19.1. The van der Waals surface area contributed by atoms with E-state index >= 15 is 4.39 Å². The molecule has 0 aliphatic carbocycles.